The first-order valence-corrected chi connectivity index (χ1v) is 13.0. The van der Waals surface area contributed by atoms with Crippen molar-refractivity contribution < 1.29 is 9.53 Å². The van der Waals surface area contributed by atoms with Crippen molar-refractivity contribution in [1.29, 1.82) is 0 Å². The Morgan fingerprint density at radius 2 is 1.76 bits per heavy atom. The average molecular weight is 439 g/mol. The normalized spacial score (nSPS) is 36.8. The third kappa shape index (κ3) is 3.61. The average Bonchev–Trinajstić information content (AvgIpc) is 3.19. The molecule has 0 N–H and O–H groups in total. The molecule has 2 aromatic rings. The molecule has 3 saturated carbocycles. The van der Waals surface area contributed by atoms with Crippen LogP contribution in [-0.4, -0.2) is 5.97 Å². The molecule has 2 nitrogen and oxygen atoms in total. The zero-order chi connectivity index (χ0) is 22.4. The van der Waals surface area contributed by atoms with Gasteiger partial charge in [0.15, 0.2) is 0 Å². The highest BCUT2D eigenvalue weighted by Crippen LogP contribution is 2.63. The zero-order valence-corrected chi connectivity index (χ0v) is 19.6. The van der Waals surface area contributed by atoms with Crippen LogP contribution in [0.1, 0.15) is 68.6 Å². The number of carbonyl (C=O) groups is 1. The van der Waals surface area contributed by atoms with Crippen molar-refractivity contribution in [2.75, 3.05) is 0 Å². The maximum atomic E-state index is 12.6. The second-order valence-corrected chi connectivity index (χ2v) is 11.3. The van der Waals surface area contributed by atoms with Crippen LogP contribution in [0.25, 0.3) is 10.8 Å². The van der Waals surface area contributed by atoms with Gasteiger partial charge in [0, 0.05) is 5.92 Å². The molecule has 170 valence electrons. The lowest BCUT2D eigenvalue weighted by Crippen LogP contribution is -2.47. The quantitative estimate of drug-likeness (QED) is 0.263. The molecule has 0 bridgehead atoms. The fourth-order valence-corrected chi connectivity index (χ4v) is 8.18. The summed E-state index contributed by atoms with van der Waals surface area (Å²) < 4.78 is 5.43. The summed E-state index contributed by atoms with van der Waals surface area (Å²) in [5, 5.41) is 2.17. The van der Waals surface area contributed by atoms with Crippen molar-refractivity contribution in [1.82, 2.24) is 0 Å². The van der Waals surface area contributed by atoms with Crippen LogP contribution in [0.5, 0.6) is 0 Å². The van der Waals surface area contributed by atoms with E-state index in [-0.39, 0.29) is 11.4 Å². The summed E-state index contributed by atoms with van der Waals surface area (Å²) >= 11 is 0. The van der Waals surface area contributed by atoms with Crippen LogP contribution in [0.15, 0.2) is 54.6 Å². The minimum absolute atomic E-state index is 0.279. The molecule has 1 unspecified atom stereocenters. The first-order valence-electron chi connectivity index (χ1n) is 13.0. The molecule has 4 aliphatic rings. The highest BCUT2D eigenvalue weighted by molar-refractivity contribution is 5.95. The molecule has 33 heavy (non-hydrogen) atoms. The van der Waals surface area contributed by atoms with E-state index in [1.165, 1.54) is 44.9 Å². The number of esters is 1. The van der Waals surface area contributed by atoms with E-state index >= 15 is 0 Å². The molecule has 0 aromatic heterocycles. The van der Waals surface area contributed by atoms with Gasteiger partial charge < -0.3 is 4.74 Å². The van der Waals surface area contributed by atoms with Crippen molar-refractivity contribution in [2.24, 2.45) is 40.9 Å². The third-order valence-corrected chi connectivity index (χ3v) is 9.89. The van der Waals surface area contributed by atoms with Gasteiger partial charge in [0.25, 0.3) is 0 Å². The van der Waals surface area contributed by atoms with Gasteiger partial charge in [-0.1, -0.05) is 55.3 Å². The fraction of sp³-hybridized carbons (Fsp3) is 0.516. The number of benzene rings is 2. The van der Waals surface area contributed by atoms with E-state index in [1.54, 1.807) is 0 Å². The third-order valence-electron chi connectivity index (χ3n) is 9.89. The van der Waals surface area contributed by atoms with Gasteiger partial charge in [-0.15, -0.1) is 0 Å². The number of allylic oxidation sites excluding steroid dienone is 2. The molecule has 0 spiro atoms. The number of rotatable bonds is 1. The second-order valence-electron chi connectivity index (χ2n) is 11.3. The smallest absolute Gasteiger partial charge is 0.352 e. The first kappa shape index (κ1) is 21.0. The van der Waals surface area contributed by atoms with Gasteiger partial charge in [0.2, 0.25) is 0 Å². The molecule has 0 amide bonds. The summed E-state index contributed by atoms with van der Waals surface area (Å²) in [4.78, 5) is 12.6. The van der Waals surface area contributed by atoms with E-state index < -0.39 is 0 Å². The molecule has 0 aliphatic heterocycles. The van der Waals surface area contributed by atoms with Gasteiger partial charge in [-0.3, -0.25) is 0 Å². The van der Waals surface area contributed by atoms with Crippen LogP contribution in [0.3, 0.4) is 0 Å². The molecule has 4 aliphatic carbocycles. The highest BCUT2D eigenvalue weighted by Gasteiger charge is 2.56. The maximum absolute atomic E-state index is 12.6. The molecule has 6 rings (SSSR count). The van der Waals surface area contributed by atoms with E-state index in [0.29, 0.717) is 11.5 Å². The Morgan fingerprint density at radius 1 is 0.909 bits per heavy atom. The van der Waals surface area contributed by atoms with Gasteiger partial charge in [0.1, 0.15) is 6.11 Å². The number of carbonyl (C=O) groups excluding carboxylic acids is 1. The predicted molar refractivity (Wildman–Crippen MR) is 132 cm³/mol. The predicted octanol–water partition coefficient (Wildman–Crippen LogP) is 7.39. The lowest BCUT2D eigenvalue weighted by atomic mass is 9.50. The van der Waals surface area contributed by atoms with Crippen LogP contribution < -0.4 is 0 Å². The summed E-state index contributed by atoms with van der Waals surface area (Å²) in [5.74, 6) is 7.85. The van der Waals surface area contributed by atoms with Gasteiger partial charge in [-0.25, -0.2) is 4.79 Å². The molecule has 0 radical (unpaired) electrons. The van der Waals surface area contributed by atoms with Crippen molar-refractivity contribution >= 4 is 16.7 Å². The standard InChI is InChI=1S/C31H34O2/c1-31-18-16-27-26-9-5-4-7-22(26)12-14-28(27)29(31)15-13-25(31)17-19-33-30(32)24-11-10-21-6-2-3-8-23(21)20-24/h2-6,8,10-11,20,22,25-29H,7,9,12-16,18H2,1H3/t22?,25-,26-,27+,28+,29-,31+/m0/s1. The SMILES string of the molecule is C[C@]12CC[C@H]3[C@@H](CCC4CC=CC[C@@H]43)[C@@H]1CC[C@H]2C#COC(=O)c1ccc2ccccc2c1. The lowest BCUT2D eigenvalue weighted by molar-refractivity contribution is -0.0453. The first-order chi connectivity index (χ1) is 16.1. The van der Waals surface area contributed by atoms with Crippen LogP contribution in [0.4, 0.5) is 0 Å². The Balaban J connectivity index is 1.15. The summed E-state index contributed by atoms with van der Waals surface area (Å²) in [5.41, 5.74) is 0.846. The lowest BCUT2D eigenvalue weighted by Gasteiger charge is -2.54. The second kappa shape index (κ2) is 8.35. The zero-order valence-electron chi connectivity index (χ0n) is 19.6. The molecule has 3 fully saturated rings. The molecular weight excluding hydrogens is 404 g/mol. The molecule has 0 saturated heterocycles. The summed E-state index contributed by atoms with van der Waals surface area (Å²) in [6, 6.07) is 13.8. The van der Waals surface area contributed by atoms with Crippen molar-refractivity contribution in [2.45, 2.75) is 58.3 Å². The Hall–Kier alpha value is -2.53. The maximum Gasteiger partial charge on any atom is 0.352 e. The molecular formula is C31H34O2. The van der Waals surface area contributed by atoms with E-state index in [4.69, 9.17) is 4.74 Å². The minimum atomic E-state index is -0.347. The molecule has 2 aromatic carbocycles. The van der Waals surface area contributed by atoms with Gasteiger partial charge in [-0.2, -0.15) is 0 Å². The van der Waals surface area contributed by atoms with Crippen LogP contribution in [0.2, 0.25) is 0 Å². The summed E-state index contributed by atoms with van der Waals surface area (Å²) in [6.45, 7) is 2.48. The fourth-order valence-electron chi connectivity index (χ4n) is 8.18. The van der Waals surface area contributed by atoms with E-state index in [2.05, 4.69) is 31.1 Å². The minimum Gasteiger partial charge on any atom is -0.368 e. The highest BCUT2D eigenvalue weighted by atomic mass is 16.5. The number of hydrogen-bond donors (Lipinski definition) is 0. The summed E-state index contributed by atoms with van der Waals surface area (Å²) in [7, 11) is 0. The molecule has 2 heteroatoms. The number of hydrogen-bond acceptors (Lipinski definition) is 2. The van der Waals surface area contributed by atoms with E-state index in [1.807, 2.05) is 42.5 Å². The van der Waals surface area contributed by atoms with Crippen molar-refractivity contribution in [3.63, 3.8) is 0 Å². The van der Waals surface area contributed by atoms with Crippen LogP contribution in [-0.2, 0) is 4.74 Å². The van der Waals surface area contributed by atoms with Crippen LogP contribution in [0, 0.1) is 52.9 Å². The molecule has 0 heterocycles. The Labute approximate surface area is 197 Å². The Kier molecular flexibility index (Phi) is 5.33. The Bertz CT molecular complexity index is 1150. The number of fused-ring (bicyclic) bond motifs is 6. The van der Waals surface area contributed by atoms with Gasteiger partial charge in [-0.05, 0) is 109 Å². The van der Waals surface area contributed by atoms with Crippen molar-refractivity contribution in [3.05, 3.63) is 60.2 Å². The van der Waals surface area contributed by atoms with Crippen LogP contribution >= 0.6 is 0 Å². The monoisotopic (exact) mass is 438 g/mol. The largest absolute Gasteiger partial charge is 0.368 e. The van der Waals surface area contributed by atoms with Gasteiger partial charge in [0.05, 0.1) is 5.56 Å². The van der Waals surface area contributed by atoms with Crippen molar-refractivity contribution in [3.8, 4) is 12.0 Å². The van der Waals surface area contributed by atoms with Gasteiger partial charge >= 0.3 is 5.97 Å². The summed E-state index contributed by atoms with van der Waals surface area (Å²) in [6.07, 6.45) is 18.3. The Morgan fingerprint density at radius 3 is 2.67 bits per heavy atom. The number of ether oxygens (including phenoxy) is 1. The topological polar surface area (TPSA) is 26.3 Å². The molecule has 7 atom stereocenters. The van der Waals surface area contributed by atoms with E-state index in [0.717, 1.165) is 46.8 Å². The van der Waals surface area contributed by atoms with E-state index in [9.17, 15) is 4.79 Å².